The number of pyridine rings is 2. The van der Waals surface area contributed by atoms with Gasteiger partial charge in [0.15, 0.2) is 0 Å². The summed E-state index contributed by atoms with van der Waals surface area (Å²) in [5, 5.41) is 0. The molecule has 0 aliphatic heterocycles. The number of hydrogen-bond donors (Lipinski definition) is 0. The summed E-state index contributed by atoms with van der Waals surface area (Å²) in [5.74, 6) is 0. The molecule has 2 aromatic rings. The summed E-state index contributed by atoms with van der Waals surface area (Å²) in [6.07, 6.45) is 7.22. The van der Waals surface area contributed by atoms with Gasteiger partial charge in [-0.1, -0.05) is 0 Å². The van der Waals surface area contributed by atoms with Gasteiger partial charge in [-0.25, -0.2) is 0 Å². The van der Waals surface area contributed by atoms with Crippen LogP contribution < -0.4 is 5.56 Å². The highest BCUT2D eigenvalue weighted by Crippen LogP contribution is 2.04. The maximum atomic E-state index is 11.4. The maximum Gasteiger partial charge on any atom is 0.250 e. The van der Waals surface area contributed by atoms with Crippen molar-refractivity contribution in [1.82, 2.24) is 9.55 Å². The van der Waals surface area contributed by atoms with E-state index in [0.717, 1.165) is 18.4 Å². The predicted octanol–water partition coefficient (Wildman–Crippen LogP) is 1.57. The van der Waals surface area contributed by atoms with E-state index in [2.05, 4.69) is 4.98 Å². The second-order valence-electron chi connectivity index (χ2n) is 3.84. The molecule has 0 amide bonds. The van der Waals surface area contributed by atoms with Gasteiger partial charge in [0.1, 0.15) is 0 Å². The summed E-state index contributed by atoms with van der Waals surface area (Å²) in [7, 11) is 1.76. The highest BCUT2D eigenvalue weighted by Gasteiger charge is 1.97. The Morgan fingerprint density at radius 2 is 1.81 bits per heavy atom. The summed E-state index contributed by atoms with van der Waals surface area (Å²) in [6, 6.07) is 7.69. The third-order valence-corrected chi connectivity index (χ3v) is 2.62. The summed E-state index contributed by atoms with van der Waals surface area (Å²) in [6.45, 7) is 0. The van der Waals surface area contributed by atoms with Gasteiger partial charge < -0.3 is 4.57 Å². The average molecular weight is 214 g/mol. The first kappa shape index (κ1) is 10.6. The zero-order valence-electron chi connectivity index (χ0n) is 9.26. The van der Waals surface area contributed by atoms with Crippen molar-refractivity contribution >= 4 is 0 Å². The van der Waals surface area contributed by atoms with Crippen molar-refractivity contribution in [2.24, 2.45) is 7.05 Å². The Bertz CT molecular complexity index is 517. The largest absolute Gasteiger partial charge is 0.319 e. The number of nitrogens with zero attached hydrogens (tertiary/aromatic N) is 2. The molecule has 0 aliphatic carbocycles. The molecular weight excluding hydrogens is 200 g/mol. The number of rotatable bonds is 3. The molecule has 0 atom stereocenters. The molecule has 0 aromatic carbocycles. The molecule has 0 spiro atoms. The molecule has 2 heterocycles. The molecule has 2 aromatic heterocycles. The molecule has 3 nitrogen and oxygen atoms in total. The van der Waals surface area contributed by atoms with Crippen molar-refractivity contribution in [2.45, 2.75) is 12.8 Å². The van der Waals surface area contributed by atoms with Gasteiger partial charge in [0.25, 0.3) is 5.56 Å². The van der Waals surface area contributed by atoms with Crippen LogP contribution in [0.2, 0.25) is 0 Å². The number of aryl methyl sites for hydroxylation is 3. The van der Waals surface area contributed by atoms with Gasteiger partial charge in [0.05, 0.1) is 0 Å². The number of hydrogen-bond acceptors (Lipinski definition) is 2. The van der Waals surface area contributed by atoms with Crippen LogP contribution in [-0.2, 0) is 19.9 Å². The summed E-state index contributed by atoms with van der Waals surface area (Å²) < 4.78 is 1.58. The zero-order chi connectivity index (χ0) is 11.4. The normalized spacial score (nSPS) is 10.3. The van der Waals surface area contributed by atoms with E-state index in [4.69, 9.17) is 0 Å². The SMILES string of the molecule is Cn1ccc(CCc2ccncc2)cc1=O. The molecule has 2 rings (SSSR count). The fourth-order valence-electron chi connectivity index (χ4n) is 1.58. The highest BCUT2D eigenvalue weighted by molar-refractivity contribution is 5.16. The van der Waals surface area contributed by atoms with E-state index < -0.39 is 0 Å². The van der Waals surface area contributed by atoms with Crippen LogP contribution in [0.3, 0.4) is 0 Å². The standard InChI is InChI=1S/C13H14N2O/c1-15-9-6-12(10-13(15)16)3-2-11-4-7-14-8-5-11/h4-10H,2-3H2,1H3. The Kier molecular flexibility index (Phi) is 3.15. The Labute approximate surface area is 94.4 Å². The van der Waals surface area contributed by atoms with Crippen molar-refractivity contribution in [2.75, 3.05) is 0 Å². The van der Waals surface area contributed by atoms with Gasteiger partial charge in [0.2, 0.25) is 0 Å². The molecule has 0 saturated heterocycles. The van der Waals surface area contributed by atoms with Gasteiger partial charge in [-0.15, -0.1) is 0 Å². The van der Waals surface area contributed by atoms with E-state index >= 15 is 0 Å². The lowest BCUT2D eigenvalue weighted by atomic mass is 10.1. The smallest absolute Gasteiger partial charge is 0.250 e. The molecule has 0 radical (unpaired) electrons. The predicted molar refractivity (Wildman–Crippen MR) is 63.3 cm³/mol. The third-order valence-electron chi connectivity index (χ3n) is 2.62. The average Bonchev–Trinajstić information content (AvgIpc) is 2.32. The van der Waals surface area contributed by atoms with E-state index in [1.165, 1.54) is 5.56 Å². The Hall–Kier alpha value is -1.90. The van der Waals surface area contributed by atoms with Gasteiger partial charge in [-0.3, -0.25) is 9.78 Å². The van der Waals surface area contributed by atoms with Crippen LogP contribution in [0.1, 0.15) is 11.1 Å². The topological polar surface area (TPSA) is 34.9 Å². The molecule has 3 heteroatoms. The van der Waals surface area contributed by atoms with Crippen LogP contribution >= 0.6 is 0 Å². The number of aromatic nitrogens is 2. The second-order valence-corrected chi connectivity index (χ2v) is 3.84. The van der Waals surface area contributed by atoms with Gasteiger partial charge in [0, 0.05) is 31.7 Å². The van der Waals surface area contributed by atoms with Gasteiger partial charge >= 0.3 is 0 Å². The lowest BCUT2D eigenvalue weighted by molar-refractivity contribution is 0.842. The van der Waals surface area contributed by atoms with Crippen LogP contribution in [0.4, 0.5) is 0 Å². The summed E-state index contributed by atoms with van der Waals surface area (Å²) in [5.41, 5.74) is 2.38. The molecular formula is C13H14N2O. The fraction of sp³-hybridized carbons (Fsp3) is 0.231. The van der Waals surface area contributed by atoms with E-state index in [-0.39, 0.29) is 5.56 Å². The maximum absolute atomic E-state index is 11.4. The molecule has 0 unspecified atom stereocenters. The van der Waals surface area contributed by atoms with Crippen molar-refractivity contribution in [3.63, 3.8) is 0 Å². The van der Waals surface area contributed by atoms with Crippen LogP contribution in [0.25, 0.3) is 0 Å². The lowest BCUT2D eigenvalue weighted by Crippen LogP contribution is -2.15. The molecule has 82 valence electrons. The minimum atomic E-state index is 0.0484. The Balaban J connectivity index is 2.05. The summed E-state index contributed by atoms with van der Waals surface area (Å²) in [4.78, 5) is 15.4. The van der Waals surface area contributed by atoms with E-state index in [1.807, 2.05) is 24.4 Å². The Morgan fingerprint density at radius 3 is 2.50 bits per heavy atom. The first-order valence-corrected chi connectivity index (χ1v) is 5.30. The highest BCUT2D eigenvalue weighted by atomic mass is 16.1. The first-order chi connectivity index (χ1) is 7.75. The van der Waals surface area contributed by atoms with Crippen LogP contribution in [0, 0.1) is 0 Å². The molecule has 0 bridgehead atoms. The minimum Gasteiger partial charge on any atom is -0.319 e. The fourth-order valence-corrected chi connectivity index (χ4v) is 1.58. The van der Waals surface area contributed by atoms with E-state index in [0.29, 0.717) is 0 Å². The minimum absolute atomic E-state index is 0.0484. The monoisotopic (exact) mass is 214 g/mol. The quantitative estimate of drug-likeness (QED) is 0.777. The molecule has 0 N–H and O–H groups in total. The first-order valence-electron chi connectivity index (χ1n) is 5.30. The molecule has 16 heavy (non-hydrogen) atoms. The van der Waals surface area contributed by atoms with Crippen molar-refractivity contribution < 1.29 is 0 Å². The van der Waals surface area contributed by atoms with Crippen LogP contribution in [0.5, 0.6) is 0 Å². The van der Waals surface area contributed by atoms with Crippen molar-refractivity contribution in [3.05, 3.63) is 64.3 Å². The summed E-state index contributed by atoms with van der Waals surface area (Å²) >= 11 is 0. The van der Waals surface area contributed by atoms with Crippen molar-refractivity contribution in [3.8, 4) is 0 Å². The molecule has 0 fully saturated rings. The van der Waals surface area contributed by atoms with Gasteiger partial charge in [-0.05, 0) is 42.2 Å². The van der Waals surface area contributed by atoms with Crippen LogP contribution in [-0.4, -0.2) is 9.55 Å². The lowest BCUT2D eigenvalue weighted by Gasteiger charge is -2.02. The van der Waals surface area contributed by atoms with Gasteiger partial charge in [-0.2, -0.15) is 0 Å². The zero-order valence-corrected chi connectivity index (χ0v) is 9.26. The molecule has 0 aliphatic rings. The molecule has 0 saturated carbocycles. The van der Waals surface area contributed by atoms with E-state index in [1.54, 1.807) is 30.1 Å². The van der Waals surface area contributed by atoms with Crippen molar-refractivity contribution in [1.29, 1.82) is 0 Å². The third kappa shape index (κ3) is 2.57. The Morgan fingerprint density at radius 1 is 1.12 bits per heavy atom. The van der Waals surface area contributed by atoms with E-state index in [9.17, 15) is 4.79 Å². The second kappa shape index (κ2) is 4.75. The van der Waals surface area contributed by atoms with Crippen LogP contribution in [0.15, 0.2) is 47.7 Å².